The van der Waals surface area contributed by atoms with Crippen molar-refractivity contribution in [2.75, 3.05) is 20.3 Å². The normalized spacial score (nSPS) is 10.4. The van der Waals surface area contributed by atoms with Gasteiger partial charge in [0.25, 0.3) is 0 Å². The molecule has 1 N–H and O–H groups in total. The van der Waals surface area contributed by atoms with Gasteiger partial charge in [0.2, 0.25) is 17.6 Å². The molecule has 7 nitrogen and oxygen atoms in total. The zero-order valence-electron chi connectivity index (χ0n) is 12.0. The Balaban J connectivity index is 1.97. The third kappa shape index (κ3) is 4.28. The maximum Gasteiger partial charge on any atom is 0.246 e. The van der Waals surface area contributed by atoms with Gasteiger partial charge < -0.3 is 19.3 Å². The highest BCUT2D eigenvalue weighted by Crippen LogP contribution is 2.19. The lowest BCUT2D eigenvalue weighted by atomic mass is 10.2. The van der Waals surface area contributed by atoms with E-state index in [1.54, 1.807) is 0 Å². The molecule has 1 amide bonds. The molecule has 1 heterocycles. The van der Waals surface area contributed by atoms with E-state index in [1.807, 2.05) is 31.2 Å². The minimum atomic E-state index is -0.238. The summed E-state index contributed by atoms with van der Waals surface area (Å²) < 4.78 is 15.2. The molecule has 0 atom stereocenters. The molecular weight excluding hydrogens is 274 g/mol. The molecule has 21 heavy (non-hydrogen) atoms. The van der Waals surface area contributed by atoms with Gasteiger partial charge in [-0.1, -0.05) is 5.16 Å². The Labute approximate surface area is 122 Å². The van der Waals surface area contributed by atoms with E-state index in [-0.39, 0.29) is 19.1 Å². The van der Waals surface area contributed by atoms with Gasteiger partial charge in [-0.05, 0) is 31.2 Å². The van der Waals surface area contributed by atoms with Gasteiger partial charge in [0.1, 0.15) is 12.4 Å². The number of aromatic nitrogens is 2. The van der Waals surface area contributed by atoms with Crippen molar-refractivity contribution >= 4 is 5.91 Å². The largest absolute Gasteiger partial charge is 0.494 e. The molecule has 0 unspecified atom stereocenters. The molecule has 0 saturated carbocycles. The summed E-state index contributed by atoms with van der Waals surface area (Å²) in [6.45, 7) is 2.72. The average molecular weight is 291 g/mol. The fraction of sp³-hybridized carbons (Fsp3) is 0.357. The van der Waals surface area contributed by atoms with Gasteiger partial charge in [-0.2, -0.15) is 4.98 Å². The number of rotatable bonds is 7. The second-order valence-corrected chi connectivity index (χ2v) is 4.18. The van der Waals surface area contributed by atoms with Crippen LogP contribution < -0.4 is 10.1 Å². The highest BCUT2D eigenvalue weighted by molar-refractivity contribution is 5.77. The van der Waals surface area contributed by atoms with Gasteiger partial charge in [0, 0.05) is 12.7 Å². The molecular formula is C14H17N3O4. The zero-order valence-corrected chi connectivity index (χ0v) is 12.0. The summed E-state index contributed by atoms with van der Waals surface area (Å²) in [6.07, 6.45) is 0. The van der Waals surface area contributed by atoms with Crippen LogP contribution in [0.4, 0.5) is 0 Å². The molecule has 0 bridgehead atoms. The highest BCUT2D eigenvalue weighted by atomic mass is 16.5. The van der Waals surface area contributed by atoms with Gasteiger partial charge in [0.05, 0.1) is 13.2 Å². The van der Waals surface area contributed by atoms with Crippen molar-refractivity contribution in [2.24, 2.45) is 0 Å². The number of nitrogens with one attached hydrogen (secondary N) is 1. The van der Waals surface area contributed by atoms with E-state index in [1.165, 1.54) is 7.11 Å². The molecule has 0 aliphatic carbocycles. The fourth-order valence-corrected chi connectivity index (χ4v) is 1.67. The lowest BCUT2D eigenvalue weighted by Gasteiger charge is -2.02. The van der Waals surface area contributed by atoms with E-state index >= 15 is 0 Å². The number of methoxy groups -OCH3 is 1. The summed E-state index contributed by atoms with van der Waals surface area (Å²) in [4.78, 5) is 15.5. The smallest absolute Gasteiger partial charge is 0.246 e. The predicted molar refractivity (Wildman–Crippen MR) is 74.6 cm³/mol. The van der Waals surface area contributed by atoms with Crippen LogP contribution in [0.3, 0.4) is 0 Å². The Morgan fingerprint density at radius 2 is 2.10 bits per heavy atom. The van der Waals surface area contributed by atoms with Crippen molar-refractivity contribution in [1.82, 2.24) is 15.5 Å². The van der Waals surface area contributed by atoms with Gasteiger partial charge in [-0.25, -0.2) is 0 Å². The third-order valence-corrected chi connectivity index (χ3v) is 2.60. The lowest BCUT2D eigenvalue weighted by molar-refractivity contribution is -0.125. The van der Waals surface area contributed by atoms with Crippen molar-refractivity contribution in [1.29, 1.82) is 0 Å². The number of amides is 1. The molecule has 0 radical (unpaired) electrons. The molecule has 1 aromatic heterocycles. The van der Waals surface area contributed by atoms with Crippen molar-refractivity contribution in [2.45, 2.75) is 13.5 Å². The van der Waals surface area contributed by atoms with Crippen LogP contribution in [0.15, 0.2) is 28.8 Å². The average Bonchev–Trinajstić information content (AvgIpc) is 2.95. The Morgan fingerprint density at radius 3 is 2.76 bits per heavy atom. The van der Waals surface area contributed by atoms with E-state index in [4.69, 9.17) is 14.0 Å². The maximum absolute atomic E-state index is 11.3. The number of benzene rings is 1. The molecule has 0 spiro atoms. The second kappa shape index (κ2) is 7.39. The van der Waals surface area contributed by atoms with Crippen LogP contribution in [-0.4, -0.2) is 36.4 Å². The third-order valence-electron chi connectivity index (χ3n) is 2.60. The molecule has 0 aliphatic heterocycles. The van der Waals surface area contributed by atoms with Gasteiger partial charge in [0.15, 0.2) is 0 Å². The van der Waals surface area contributed by atoms with Crippen LogP contribution in [0.2, 0.25) is 0 Å². The van der Waals surface area contributed by atoms with Crippen LogP contribution in [0, 0.1) is 0 Å². The van der Waals surface area contributed by atoms with Crippen molar-refractivity contribution in [3.63, 3.8) is 0 Å². The number of hydrogen-bond donors (Lipinski definition) is 1. The van der Waals surface area contributed by atoms with E-state index in [9.17, 15) is 4.79 Å². The monoisotopic (exact) mass is 291 g/mol. The fourth-order valence-electron chi connectivity index (χ4n) is 1.67. The van der Waals surface area contributed by atoms with E-state index in [2.05, 4.69) is 15.5 Å². The lowest BCUT2D eigenvalue weighted by Crippen LogP contribution is -2.26. The predicted octanol–water partition coefficient (Wildman–Crippen LogP) is 1.40. The number of nitrogens with zero attached hydrogens (tertiary/aromatic N) is 2. The Morgan fingerprint density at radius 1 is 1.33 bits per heavy atom. The number of ether oxygens (including phenoxy) is 2. The number of hydrogen-bond acceptors (Lipinski definition) is 6. The van der Waals surface area contributed by atoms with Crippen LogP contribution in [0.1, 0.15) is 12.8 Å². The first-order valence-electron chi connectivity index (χ1n) is 6.54. The summed E-state index contributed by atoms with van der Waals surface area (Å²) in [5.41, 5.74) is 0.816. The SMILES string of the molecule is CCOc1ccc(-c2noc(CNC(=O)COC)n2)cc1. The van der Waals surface area contributed by atoms with Crippen molar-refractivity contribution < 1.29 is 18.8 Å². The van der Waals surface area contributed by atoms with Crippen molar-refractivity contribution in [3.05, 3.63) is 30.2 Å². The first-order valence-corrected chi connectivity index (χ1v) is 6.54. The topological polar surface area (TPSA) is 86.5 Å². The molecule has 0 aliphatic rings. The van der Waals surface area contributed by atoms with Crippen molar-refractivity contribution in [3.8, 4) is 17.1 Å². The summed E-state index contributed by atoms with van der Waals surface area (Å²) in [5.74, 6) is 1.35. The molecule has 2 rings (SSSR count). The molecule has 2 aromatic rings. The quantitative estimate of drug-likeness (QED) is 0.829. The second-order valence-electron chi connectivity index (χ2n) is 4.18. The number of carbonyl (C=O) groups excluding carboxylic acids is 1. The first-order chi connectivity index (χ1) is 10.2. The molecule has 7 heteroatoms. The van der Waals surface area contributed by atoms with E-state index in [0.717, 1.165) is 11.3 Å². The van der Waals surface area contributed by atoms with Crippen LogP contribution >= 0.6 is 0 Å². The standard InChI is InChI=1S/C14H17N3O4/c1-3-20-11-6-4-10(5-7-11)14-16-13(21-17-14)8-15-12(18)9-19-2/h4-7H,3,8-9H2,1-2H3,(H,15,18). The first kappa shape index (κ1) is 15.0. The zero-order chi connectivity index (χ0) is 15.1. The summed E-state index contributed by atoms with van der Waals surface area (Å²) in [5, 5.41) is 6.49. The molecule has 112 valence electrons. The van der Waals surface area contributed by atoms with Crippen LogP contribution in [0.25, 0.3) is 11.4 Å². The summed E-state index contributed by atoms with van der Waals surface area (Å²) in [7, 11) is 1.45. The Hall–Kier alpha value is -2.41. The number of carbonyl (C=O) groups is 1. The van der Waals surface area contributed by atoms with Gasteiger partial charge in [-0.15, -0.1) is 0 Å². The van der Waals surface area contributed by atoms with Crippen LogP contribution in [0.5, 0.6) is 5.75 Å². The van der Waals surface area contributed by atoms with Gasteiger partial charge >= 0.3 is 0 Å². The van der Waals surface area contributed by atoms with Gasteiger partial charge in [-0.3, -0.25) is 4.79 Å². The summed E-state index contributed by atoms with van der Waals surface area (Å²) in [6, 6.07) is 7.39. The molecule has 0 fully saturated rings. The maximum atomic E-state index is 11.3. The summed E-state index contributed by atoms with van der Waals surface area (Å²) >= 11 is 0. The minimum Gasteiger partial charge on any atom is -0.494 e. The minimum absolute atomic E-state index is 0.000114. The van der Waals surface area contributed by atoms with E-state index < -0.39 is 0 Å². The molecule has 1 aromatic carbocycles. The molecule has 0 saturated heterocycles. The van der Waals surface area contributed by atoms with E-state index in [0.29, 0.717) is 18.3 Å². The van der Waals surface area contributed by atoms with Crippen LogP contribution in [-0.2, 0) is 16.1 Å². The Bertz CT molecular complexity index is 580. The Kier molecular flexibility index (Phi) is 5.28. The highest BCUT2D eigenvalue weighted by Gasteiger charge is 2.10.